The number of hydrogen-bond donors (Lipinski definition) is 0. The zero-order valence-corrected chi connectivity index (χ0v) is 13.7. The minimum atomic E-state index is 0. The van der Waals surface area contributed by atoms with Gasteiger partial charge in [0.15, 0.2) is 15.3 Å². The van der Waals surface area contributed by atoms with Crippen LogP contribution < -0.4 is 17.0 Å². The normalized spacial score (nSPS) is 9.95. The second-order valence-corrected chi connectivity index (χ2v) is 6.30. The van der Waals surface area contributed by atoms with Crippen molar-refractivity contribution in [1.29, 1.82) is 0 Å². The maximum Gasteiger partial charge on any atom is 0.348 e. The lowest BCUT2D eigenvalue weighted by Crippen LogP contribution is -3.00. The van der Waals surface area contributed by atoms with Gasteiger partial charge in [-0.15, -0.1) is 0 Å². The molecule has 3 aromatic rings. The lowest BCUT2D eigenvalue weighted by molar-refractivity contribution is -0.00000328. The molecule has 1 heterocycles. The van der Waals surface area contributed by atoms with E-state index in [-0.39, 0.29) is 17.0 Å². The van der Waals surface area contributed by atoms with Gasteiger partial charge in [-0.3, -0.25) is 0 Å². The minimum absolute atomic E-state index is 0. The van der Waals surface area contributed by atoms with Gasteiger partial charge in [0, 0.05) is 10.6 Å². The summed E-state index contributed by atoms with van der Waals surface area (Å²) in [6.45, 7) is 0. The fraction of sp³-hybridized carbons (Fsp3) is 0. The van der Waals surface area contributed by atoms with Gasteiger partial charge in [0.1, 0.15) is 0 Å². The summed E-state index contributed by atoms with van der Waals surface area (Å²) in [5.74, 6) is 0. The van der Waals surface area contributed by atoms with Crippen molar-refractivity contribution < 1.29 is 17.0 Å². The van der Waals surface area contributed by atoms with Crippen LogP contribution in [0.2, 0.25) is 5.02 Å². The Kier molecular flexibility index (Phi) is 5.05. The van der Waals surface area contributed by atoms with E-state index in [9.17, 15) is 0 Å². The fourth-order valence-electron chi connectivity index (χ4n) is 1.61. The minimum Gasteiger partial charge on any atom is -1.00 e. The van der Waals surface area contributed by atoms with Crippen molar-refractivity contribution in [3.8, 4) is 21.1 Å². The largest absolute Gasteiger partial charge is 1.00 e. The molecule has 0 spiro atoms. The Labute approximate surface area is 134 Å². The third-order valence-electron chi connectivity index (χ3n) is 2.51. The monoisotopic (exact) mass is 369 g/mol. The standard InChI is InChI=1S/C14H9ClNS2.BrH/c15-12-8-6-11(7-9-12)14-16-13(17-18-14)10-4-2-1-3-5-10;/h1-9H;1H/q+1;/p-1. The van der Waals surface area contributed by atoms with E-state index in [4.69, 9.17) is 11.6 Å². The van der Waals surface area contributed by atoms with Crippen molar-refractivity contribution in [3.63, 3.8) is 0 Å². The van der Waals surface area contributed by atoms with Gasteiger partial charge in [-0.1, -0.05) is 41.9 Å². The first-order valence-electron chi connectivity index (χ1n) is 5.44. The summed E-state index contributed by atoms with van der Waals surface area (Å²) in [6.07, 6.45) is 0. The van der Waals surface area contributed by atoms with Crippen LogP contribution in [0.1, 0.15) is 0 Å². The van der Waals surface area contributed by atoms with E-state index in [0.29, 0.717) is 0 Å². The number of halogens is 2. The molecule has 0 saturated carbocycles. The molecule has 19 heavy (non-hydrogen) atoms. The van der Waals surface area contributed by atoms with Crippen molar-refractivity contribution in [2.75, 3.05) is 0 Å². The molecule has 0 amide bonds. The molecule has 0 bridgehead atoms. The molecule has 5 heteroatoms. The second-order valence-electron chi connectivity index (χ2n) is 3.76. The summed E-state index contributed by atoms with van der Waals surface area (Å²) in [5, 5.41) is 2.85. The van der Waals surface area contributed by atoms with E-state index in [0.717, 1.165) is 20.6 Å². The zero-order chi connectivity index (χ0) is 12.4. The van der Waals surface area contributed by atoms with Crippen LogP contribution in [0.4, 0.5) is 0 Å². The fourth-order valence-corrected chi connectivity index (χ4v) is 3.94. The van der Waals surface area contributed by atoms with Crippen LogP contribution in [0.5, 0.6) is 0 Å². The topological polar surface area (TPSA) is 12.9 Å². The highest BCUT2D eigenvalue weighted by Gasteiger charge is 2.18. The highest BCUT2D eigenvalue weighted by atomic mass is 79.9. The van der Waals surface area contributed by atoms with Gasteiger partial charge in [0.25, 0.3) is 0 Å². The lowest BCUT2D eigenvalue weighted by atomic mass is 10.2. The molecule has 0 saturated heterocycles. The maximum atomic E-state index is 5.89. The lowest BCUT2D eigenvalue weighted by Gasteiger charge is -1.92. The van der Waals surface area contributed by atoms with Crippen LogP contribution >= 0.6 is 32.3 Å². The summed E-state index contributed by atoms with van der Waals surface area (Å²) in [7, 11) is 3.39. The highest BCUT2D eigenvalue weighted by Crippen LogP contribution is 2.33. The molecule has 0 aliphatic carbocycles. The smallest absolute Gasteiger partial charge is 0.348 e. The van der Waals surface area contributed by atoms with Crippen molar-refractivity contribution in [2.24, 2.45) is 0 Å². The predicted molar refractivity (Wildman–Crippen MR) is 80.3 cm³/mol. The molecule has 0 fully saturated rings. The molecule has 0 atom stereocenters. The molecule has 0 unspecified atom stereocenters. The third kappa shape index (κ3) is 3.39. The van der Waals surface area contributed by atoms with E-state index < -0.39 is 0 Å². The van der Waals surface area contributed by atoms with Crippen molar-refractivity contribution in [2.45, 2.75) is 0 Å². The molecule has 2 aromatic carbocycles. The van der Waals surface area contributed by atoms with Gasteiger partial charge < -0.3 is 17.0 Å². The maximum absolute atomic E-state index is 5.89. The molecular formula is C14H9BrClNS2. The first-order chi connectivity index (χ1) is 8.83. The second kappa shape index (κ2) is 6.57. The molecule has 1 aromatic heterocycles. The van der Waals surface area contributed by atoms with Gasteiger partial charge in [-0.25, -0.2) is 0 Å². The van der Waals surface area contributed by atoms with Gasteiger partial charge in [-0.05, 0) is 24.3 Å². The van der Waals surface area contributed by atoms with Crippen molar-refractivity contribution in [1.82, 2.24) is 4.98 Å². The number of hydrogen-bond acceptors (Lipinski definition) is 2. The zero-order valence-electron chi connectivity index (χ0n) is 9.72. The first kappa shape index (κ1) is 14.6. The number of rotatable bonds is 2. The Morgan fingerprint density at radius 2 is 1.58 bits per heavy atom. The number of benzene rings is 2. The van der Waals surface area contributed by atoms with Crippen LogP contribution in [0, 0.1) is 0 Å². The summed E-state index contributed by atoms with van der Waals surface area (Å²) >= 11 is 5.89. The van der Waals surface area contributed by atoms with Gasteiger partial charge in [0.05, 0.1) is 5.56 Å². The SMILES string of the molecule is Clc1ccc(-c2nc(-c3ccccc3)[s+]s2)cc1.[Br-]. The van der Waals surface area contributed by atoms with Crippen LogP contribution in [-0.4, -0.2) is 4.98 Å². The molecular weight excluding hydrogens is 362 g/mol. The Hall–Kier alpha value is -0.810. The molecule has 96 valence electrons. The van der Waals surface area contributed by atoms with Crippen LogP contribution in [0.25, 0.3) is 21.1 Å². The van der Waals surface area contributed by atoms with E-state index in [1.807, 2.05) is 42.5 Å². The molecule has 0 aliphatic rings. The first-order valence-corrected chi connectivity index (χ1v) is 7.97. The molecule has 1 nitrogen and oxygen atoms in total. The summed E-state index contributed by atoms with van der Waals surface area (Å²) in [4.78, 5) is 4.67. The average molecular weight is 371 g/mol. The van der Waals surface area contributed by atoms with Gasteiger partial charge >= 0.3 is 15.3 Å². The predicted octanol–water partition coefficient (Wildman–Crippen LogP) is 2.48. The summed E-state index contributed by atoms with van der Waals surface area (Å²) in [6, 6.07) is 18.0. The summed E-state index contributed by atoms with van der Waals surface area (Å²) < 4.78 is 0. The third-order valence-corrected chi connectivity index (χ3v) is 5.02. The Morgan fingerprint density at radius 1 is 0.895 bits per heavy atom. The molecule has 3 rings (SSSR count). The van der Waals surface area contributed by atoms with Gasteiger partial charge in [0.2, 0.25) is 0 Å². The molecule has 0 aliphatic heterocycles. The number of nitrogens with zero attached hydrogens (tertiary/aromatic N) is 1. The average Bonchev–Trinajstić information content (AvgIpc) is 2.90. The van der Waals surface area contributed by atoms with E-state index >= 15 is 0 Å². The Bertz CT molecular complexity index is 653. The molecule has 0 radical (unpaired) electrons. The Balaban J connectivity index is 0.00000133. The molecule has 0 N–H and O–H groups in total. The van der Waals surface area contributed by atoms with Crippen molar-refractivity contribution >= 4 is 32.3 Å². The highest BCUT2D eigenvalue weighted by molar-refractivity contribution is 7.71. The number of aromatic nitrogens is 1. The van der Waals surface area contributed by atoms with Crippen LogP contribution in [0.3, 0.4) is 0 Å². The van der Waals surface area contributed by atoms with Crippen molar-refractivity contribution in [3.05, 3.63) is 59.6 Å². The van der Waals surface area contributed by atoms with E-state index in [2.05, 4.69) is 17.1 Å². The van der Waals surface area contributed by atoms with Crippen LogP contribution in [-0.2, 0) is 0 Å². The van der Waals surface area contributed by atoms with Crippen LogP contribution in [0.15, 0.2) is 54.6 Å². The van der Waals surface area contributed by atoms with E-state index in [1.165, 1.54) is 5.56 Å². The van der Waals surface area contributed by atoms with Gasteiger partial charge in [-0.2, -0.15) is 4.98 Å². The Morgan fingerprint density at radius 3 is 2.26 bits per heavy atom. The quantitative estimate of drug-likeness (QED) is 0.499. The summed E-state index contributed by atoms with van der Waals surface area (Å²) in [5.41, 5.74) is 2.28. The van der Waals surface area contributed by atoms with E-state index in [1.54, 1.807) is 20.7 Å².